The minimum absolute atomic E-state index is 0.0208. The van der Waals surface area contributed by atoms with Crippen molar-refractivity contribution in [2.45, 2.75) is 4.21 Å². The molecular weight excluding hydrogens is 363 g/mol. The van der Waals surface area contributed by atoms with E-state index in [1.165, 1.54) is 0 Å². The van der Waals surface area contributed by atoms with Crippen LogP contribution in [0.25, 0.3) is 0 Å². The number of benzene rings is 1. The summed E-state index contributed by atoms with van der Waals surface area (Å²) < 4.78 is 26.0. The maximum absolute atomic E-state index is 12.1. The number of aromatic carboxylic acids is 1. The van der Waals surface area contributed by atoms with E-state index in [0.717, 1.165) is 17.6 Å². The smallest absolute Gasteiger partial charge is 0.356 e. The highest BCUT2D eigenvalue weighted by Crippen LogP contribution is 2.35. The SMILES string of the molecule is O=C(O)c1ncsc1S(=O)(=O)Nc1cc(Cl)c(O)c(Cl)c1. The number of carboxylic acids is 1. The van der Waals surface area contributed by atoms with Gasteiger partial charge >= 0.3 is 5.97 Å². The number of halogens is 2. The van der Waals surface area contributed by atoms with Crippen LogP contribution in [0, 0.1) is 0 Å². The number of nitrogens with one attached hydrogen (secondary N) is 1. The molecule has 0 bridgehead atoms. The second kappa shape index (κ2) is 5.68. The summed E-state index contributed by atoms with van der Waals surface area (Å²) in [5, 5.41) is 18.0. The van der Waals surface area contributed by atoms with E-state index >= 15 is 0 Å². The van der Waals surface area contributed by atoms with Crippen molar-refractivity contribution in [3.8, 4) is 5.75 Å². The van der Waals surface area contributed by atoms with Crippen LogP contribution in [0.2, 0.25) is 10.0 Å². The molecule has 2 aromatic rings. The molecule has 112 valence electrons. The van der Waals surface area contributed by atoms with E-state index < -0.39 is 25.9 Å². The van der Waals surface area contributed by atoms with E-state index in [4.69, 9.17) is 28.3 Å². The Morgan fingerprint density at radius 2 is 1.86 bits per heavy atom. The number of carbonyl (C=O) groups is 1. The molecule has 1 heterocycles. The van der Waals surface area contributed by atoms with Gasteiger partial charge in [-0.3, -0.25) is 4.72 Å². The largest absolute Gasteiger partial charge is 0.505 e. The summed E-state index contributed by atoms with van der Waals surface area (Å²) in [6.45, 7) is 0. The maximum Gasteiger partial charge on any atom is 0.356 e. The number of anilines is 1. The quantitative estimate of drug-likeness (QED) is 0.714. The minimum atomic E-state index is -4.17. The first-order valence-electron chi connectivity index (χ1n) is 5.10. The van der Waals surface area contributed by atoms with Crippen molar-refractivity contribution < 1.29 is 23.4 Å². The number of rotatable bonds is 4. The van der Waals surface area contributed by atoms with Crippen LogP contribution in [0.4, 0.5) is 5.69 Å². The number of thiazole rings is 1. The van der Waals surface area contributed by atoms with Gasteiger partial charge in [-0.1, -0.05) is 23.2 Å². The number of sulfonamides is 1. The van der Waals surface area contributed by atoms with Crippen LogP contribution in [0.5, 0.6) is 5.75 Å². The van der Waals surface area contributed by atoms with E-state index in [-0.39, 0.29) is 21.5 Å². The Morgan fingerprint density at radius 1 is 1.29 bits per heavy atom. The molecular formula is C10H6Cl2N2O5S2. The third-order valence-electron chi connectivity index (χ3n) is 2.25. The second-order valence-corrected chi connectivity index (χ2v) is 7.23. The monoisotopic (exact) mass is 368 g/mol. The highest BCUT2D eigenvalue weighted by Gasteiger charge is 2.26. The molecule has 0 saturated heterocycles. The van der Waals surface area contributed by atoms with Crippen molar-refractivity contribution in [2.75, 3.05) is 4.72 Å². The van der Waals surface area contributed by atoms with Crippen LogP contribution in [0.3, 0.4) is 0 Å². The van der Waals surface area contributed by atoms with E-state index in [0.29, 0.717) is 11.3 Å². The number of hydrogen-bond acceptors (Lipinski definition) is 6. The van der Waals surface area contributed by atoms with Crippen LogP contribution in [-0.4, -0.2) is 29.6 Å². The number of phenols is 1. The van der Waals surface area contributed by atoms with Crippen LogP contribution in [-0.2, 0) is 10.0 Å². The zero-order chi connectivity index (χ0) is 15.8. The van der Waals surface area contributed by atoms with Gasteiger partial charge in [-0.05, 0) is 12.1 Å². The van der Waals surface area contributed by atoms with E-state index in [9.17, 15) is 18.3 Å². The lowest BCUT2D eigenvalue weighted by Gasteiger charge is -2.09. The van der Waals surface area contributed by atoms with Crippen LogP contribution < -0.4 is 4.72 Å². The first-order valence-corrected chi connectivity index (χ1v) is 8.22. The van der Waals surface area contributed by atoms with Gasteiger partial charge in [0, 0.05) is 0 Å². The molecule has 0 unspecified atom stereocenters. The van der Waals surface area contributed by atoms with Gasteiger partial charge in [0.05, 0.1) is 21.2 Å². The fourth-order valence-electron chi connectivity index (χ4n) is 1.39. The zero-order valence-electron chi connectivity index (χ0n) is 9.87. The molecule has 0 amide bonds. The van der Waals surface area contributed by atoms with Gasteiger partial charge in [-0.2, -0.15) is 0 Å². The lowest BCUT2D eigenvalue weighted by molar-refractivity contribution is 0.0687. The first kappa shape index (κ1) is 15.8. The minimum Gasteiger partial charge on any atom is -0.505 e. The molecule has 1 aromatic carbocycles. The van der Waals surface area contributed by atoms with Gasteiger partial charge in [0.25, 0.3) is 10.0 Å². The Kier molecular flexibility index (Phi) is 4.28. The lowest BCUT2D eigenvalue weighted by Crippen LogP contribution is -2.15. The summed E-state index contributed by atoms with van der Waals surface area (Å²) in [4.78, 5) is 14.4. The molecule has 21 heavy (non-hydrogen) atoms. The summed E-state index contributed by atoms with van der Waals surface area (Å²) in [5.74, 6) is -1.84. The second-order valence-electron chi connectivity index (χ2n) is 3.69. The third kappa shape index (κ3) is 3.21. The van der Waals surface area contributed by atoms with E-state index in [2.05, 4.69) is 9.71 Å². The molecule has 0 aliphatic rings. The van der Waals surface area contributed by atoms with Crippen molar-refractivity contribution in [1.82, 2.24) is 4.98 Å². The summed E-state index contributed by atoms with van der Waals surface area (Å²) >= 11 is 12.0. The fourth-order valence-corrected chi connectivity index (χ4v) is 4.06. The highest BCUT2D eigenvalue weighted by molar-refractivity contribution is 7.94. The molecule has 0 atom stereocenters. The van der Waals surface area contributed by atoms with Crippen LogP contribution >= 0.6 is 34.5 Å². The predicted molar refractivity (Wildman–Crippen MR) is 78.0 cm³/mol. The molecule has 0 fully saturated rings. The number of hydrogen-bond donors (Lipinski definition) is 3. The molecule has 0 radical (unpaired) electrons. The van der Waals surface area contributed by atoms with Crippen molar-refractivity contribution in [3.05, 3.63) is 33.4 Å². The van der Waals surface area contributed by atoms with Crippen molar-refractivity contribution >= 4 is 56.2 Å². The average molecular weight is 369 g/mol. The van der Waals surface area contributed by atoms with Crippen molar-refractivity contribution in [2.24, 2.45) is 0 Å². The standard InChI is InChI=1S/C10H6Cl2N2O5S2/c11-5-1-4(2-6(12)8(5)15)14-21(18,19)10-7(9(16)17)13-3-20-10/h1-3,14-15H,(H,16,17). The zero-order valence-corrected chi connectivity index (χ0v) is 13.0. The molecule has 0 aliphatic heterocycles. The topological polar surface area (TPSA) is 117 Å². The first-order chi connectivity index (χ1) is 9.72. The molecule has 3 N–H and O–H groups in total. The Labute approximate surface area is 132 Å². The van der Waals surface area contributed by atoms with E-state index in [1.54, 1.807) is 0 Å². The number of aromatic nitrogens is 1. The normalized spacial score (nSPS) is 11.3. The molecule has 0 spiro atoms. The van der Waals surface area contributed by atoms with Gasteiger partial charge in [0.15, 0.2) is 15.7 Å². The highest BCUT2D eigenvalue weighted by atomic mass is 35.5. The Balaban J connectivity index is 2.43. The number of phenolic OH excluding ortho intramolecular Hbond substituents is 1. The molecule has 11 heteroatoms. The Hall–Kier alpha value is -1.55. The van der Waals surface area contributed by atoms with Crippen molar-refractivity contribution in [1.29, 1.82) is 0 Å². The molecule has 7 nitrogen and oxygen atoms in total. The van der Waals surface area contributed by atoms with Gasteiger partial charge in [-0.25, -0.2) is 18.2 Å². The molecule has 0 aliphatic carbocycles. The average Bonchev–Trinajstić information content (AvgIpc) is 2.85. The fraction of sp³-hybridized carbons (Fsp3) is 0. The van der Waals surface area contributed by atoms with Gasteiger partial charge in [0.2, 0.25) is 0 Å². The number of carboxylic acid groups (broad SMARTS) is 1. The van der Waals surface area contributed by atoms with Gasteiger partial charge < -0.3 is 10.2 Å². The molecule has 0 saturated carbocycles. The van der Waals surface area contributed by atoms with Crippen molar-refractivity contribution in [3.63, 3.8) is 0 Å². The summed E-state index contributed by atoms with van der Waals surface area (Å²) in [7, 11) is -4.17. The molecule has 1 aromatic heterocycles. The van der Waals surface area contributed by atoms with Crippen LogP contribution in [0.15, 0.2) is 21.9 Å². The summed E-state index contributed by atoms with van der Waals surface area (Å²) in [6, 6.07) is 2.28. The van der Waals surface area contributed by atoms with Crippen LogP contribution in [0.1, 0.15) is 10.5 Å². The predicted octanol–water partition coefficient (Wildman–Crippen LogP) is 2.65. The number of aromatic hydroxyl groups is 1. The third-order valence-corrected chi connectivity index (χ3v) is 5.58. The summed E-state index contributed by atoms with van der Waals surface area (Å²) in [5.41, 5.74) is 0.505. The number of nitrogens with zero attached hydrogens (tertiary/aromatic N) is 1. The van der Waals surface area contributed by atoms with Gasteiger partial charge in [0.1, 0.15) is 0 Å². The Bertz CT molecular complexity index is 796. The maximum atomic E-state index is 12.1. The summed E-state index contributed by atoms with van der Waals surface area (Å²) in [6.07, 6.45) is 0. The lowest BCUT2D eigenvalue weighted by atomic mass is 10.3. The van der Waals surface area contributed by atoms with Gasteiger partial charge in [-0.15, -0.1) is 11.3 Å². The Morgan fingerprint density at radius 3 is 2.38 bits per heavy atom. The molecule has 2 rings (SSSR count). The van der Waals surface area contributed by atoms with E-state index in [1.807, 2.05) is 0 Å².